The molecule has 0 aromatic heterocycles. The Hall–Kier alpha value is -2.19. The van der Waals surface area contributed by atoms with Crippen LogP contribution in [0.25, 0.3) is 0 Å². The third-order valence-corrected chi connectivity index (χ3v) is 6.31. The second kappa shape index (κ2) is 6.61. The molecular formula is C23H22OS. The number of aryl methyl sites for hydroxylation is 1. The molecule has 0 saturated heterocycles. The highest BCUT2D eigenvalue weighted by Crippen LogP contribution is 2.41. The van der Waals surface area contributed by atoms with Gasteiger partial charge in [-0.05, 0) is 59.4 Å². The fraction of sp³-hybridized carbons (Fsp3) is 0.217. The van der Waals surface area contributed by atoms with E-state index in [1.54, 1.807) is 7.11 Å². The zero-order valence-corrected chi connectivity index (χ0v) is 15.7. The SMILES string of the molecule is COc1ccc(C(C)c2ccc3c(c2)Cc2ccccc2S3)cc1C. The number of rotatable bonds is 3. The van der Waals surface area contributed by atoms with Gasteiger partial charge in [-0.1, -0.05) is 61.2 Å². The summed E-state index contributed by atoms with van der Waals surface area (Å²) in [5.41, 5.74) is 6.78. The van der Waals surface area contributed by atoms with Gasteiger partial charge in [0.05, 0.1) is 7.11 Å². The quantitative estimate of drug-likeness (QED) is 0.436. The summed E-state index contributed by atoms with van der Waals surface area (Å²) in [6.07, 6.45) is 1.03. The molecule has 1 unspecified atom stereocenters. The first-order chi connectivity index (χ1) is 12.2. The number of hydrogen-bond donors (Lipinski definition) is 0. The Morgan fingerprint density at radius 1 is 0.880 bits per heavy atom. The summed E-state index contributed by atoms with van der Waals surface area (Å²) in [6, 6.07) is 22.2. The third kappa shape index (κ3) is 3.07. The highest BCUT2D eigenvalue weighted by molar-refractivity contribution is 7.99. The Balaban J connectivity index is 1.65. The van der Waals surface area contributed by atoms with Crippen LogP contribution < -0.4 is 4.74 Å². The van der Waals surface area contributed by atoms with Crippen LogP contribution in [0.1, 0.15) is 40.7 Å². The van der Waals surface area contributed by atoms with E-state index in [0.29, 0.717) is 5.92 Å². The van der Waals surface area contributed by atoms with Crippen molar-refractivity contribution in [1.29, 1.82) is 0 Å². The number of fused-ring (bicyclic) bond motifs is 2. The molecule has 4 rings (SSSR count). The van der Waals surface area contributed by atoms with Crippen LogP contribution in [-0.4, -0.2) is 7.11 Å². The molecule has 0 saturated carbocycles. The topological polar surface area (TPSA) is 9.23 Å². The van der Waals surface area contributed by atoms with Crippen LogP contribution in [0.3, 0.4) is 0 Å². The first-order valence-electron chi connectivity index (χ1n) is 8.69. The lowest BCUT2D eigenvalue weighted by Crippen LogP contribution is -2.03. The summed E-state index contributed by atoms with van der Waals surface area (Å²) in [5, 5.41) is 0. The van der Waals surface area contributed by atoms with E-state index in [2.05, 4.69) is 74.5 Å². The van der Waals surface area contributed by atoms with Gasteiger partial charge in [0, 0.05) is 15.7 Å². The molecule has 1 atom stereocenters. The molecule has 3 aromatic carbocycles. The standard InChI is InChI=1S/C23H22OS/c1-15-12-17(8-10-21(15)24-3)16(2)18-9-11-23-20(13-18)14-19-6-4-5-7-22(19)25-23/h4-13,16H,14H2,1-3H3. The first-order valence-corrected chi connectivity index (χ1v) is 9.50. The average Bonchev–Trinajstić information content (AvgIpc) is 2.65. The van der Waals surface area contributed by atoms with Crippen LogP contribution in [0.15, 0.2) is 70.5 Å². The van der Waals surface area contributed by atoms with E-state index in [-0.39, 0.29) is 0 Å². The van der Waals surface area contributed by atoms with Gasteiger partial charge in [0.25, 0.3) is 0 Å². The van der Waals surface area contributed by atoms with Gasteiger partial charge in [0.2, 0.25) is 0 Å². The Labute approximate surface area is 154 Å². The van der Waals surface area contributed by atoms with Crippen molar-refractivity contribution in [3.05, 3.63) is 88.5 Å². The molecule has 0 aliphatic carbocycles. The minimum Gasteiger partial charge on any atom is -0.496 e. The normalized spacial score (nSPS) is 13.7. The summed E-state index contributed by atoms with van der Waals surface area (Å²) >= 11 is 1.89. The molecule has 1 aliphatic heterocycles. The van der Waals surface area contributed by atoms with E-state index in [0.717, 1.165) is 12.2 Å². The van der Waals surface area contributed by atoms with E-state index in [1.807, 2.05) is 11.8 Å². The van der Waals surface area contributed by atoms with E-state index in [9.17, 15) is 0 Å². The maximum atomic E-state index is 5.39. The monoisotopic (exact) mass is 346 g/mol. The van der Waals surface area contributed by atoms with Crippen molar-refractivity contribution >= 4 is 11.8 Å². The fourth-order valence-corrected chi connectivity index (χ4v) is 4.60. The zero-order chi connectivity index (χ0) is 17.4. The van der Waals surface area contributed by atoms with Crippen LogP contribution in [0.5, 0.6) is 5.75 Å². The Morgan fingerprint density at radius 2 is 1.60 bits per heavy atom. The molecule has 0 spiro atoms. The van der Waals surface area contributed by atoms with Crippen LogP contribution in [0, 0.1) is 6.92 Å². The molecule has 0 N–H and O–H groups in total. The van der Waals surface area contributed by atoms with Crippen LogP contribution in [-0.2, 0) is 6.42 Å². The molecule has 1 heterocycles. The van der Waals surface area contributed by atoms with Gasteiger partial charge in [0.1, 0.15) is 5.75 Å². The Bertz CT molecular complexity index is 929. The van der Waals surface area contributed by atoms with Gasteiger partial charge < -0.3 is 4.74 Å². The second-order valence-corrected chi connectivity index (χ2v) is 7.79. The van der Waals surface area contributed by atoms with Gasteiger partial charge in [-0.15, -0.1) is 0 Å². The smallest absolute Gasteiger partial charge is 0.121 e. The summed E-state index contributed by atoms with van der Waals surface area (Å²) in [4.78, 5) is 2.78. The number of ether oxygens (including phenoxy) is 1. The molecule has 0 radical (unpaired) electrons. The molecule has 25 heavy (non-hydrogen) atoms. The Kier molecular flexibility index (Phi) is 4.30. The zero-order valence-electron chi connectivity index (χ0n) is 14.9. The minimum absolute atomic E-state index is 0.372. The van der Waals surface area contributed by atoms with Gasteiger partial charge >= 0.3 is 0 Å². The van der Waals surface area contributed by atoms with E-state index < -0.39 is 0 Å². The number of benzene rings is 3. The molecule has 3 aromatic rings. The molecule has 0 fully saturated rings. The highest BCUT2D eigenvalue weighted by Gasteiger charge is 2.18. The molecule has 1 aliphatic rings. The van der Waals surface area contributed by atoms with Crippen molar-refractivity contribution in [1.82, 2.24) is 0 Å². The molecular weight excluding hydrogens is 324 g/mol. The van der Waals surface area contributed by atoms with Crippen molar-refractivity contribution in [2.75, 3.05) is 7.11 Å². The minimum atomic E-state index is 0.372. The lowest BCUT2D eigenvalue weighted by Gasteiger charge is -2.21. The third-order valence-electron chi connectivity index (χ3n) is 5.08. The second-order valence-electron chi connectivity index (χ2n) is 6.70. The maximum Gasteiger partial charge on any atom is 0.121 e. The van der Waals surface area contributed by atoms with Crippen molar-refractivity contribution in [3.63, 3.8) is 0 Å². The van der Waals surface area contributed by atoms with Crippen LogP contribution in [0.4, 0.5) is 0 Å². The predicted octanol–water partition coefficient (Wildman–Crippen LogP) is 6.21. The Morgan fingerprint density at radius 3 is 2.40 bits per heavy atom. The van der Waals surface area contributed by atoms with E-state index >= 15 is 0 Å². The average molecular weight is 346 g/mol. The van der Waals surface area contributed by atoms with Crippen molar-refractivity contribution in [2.24, 2.45) is 0 Å². The maximum absolute atomic E-state index is 5.39. The number of hydrogen-bond acceptors (Lipinski definition) is 2. The van der Waals surface area contributed by atoms with Crippen LogP contribution in [0.2, 0.25) is 0 Å². The number of methoxy groups -OCH3 is 1. The van der Waals surface area contributed by atoms with Gasteiger partial charge in [-0.2, -0.15) is 0 Å². The lowest BCUT2D eigenvalue weighted by atomic mass is 9.90. The lowest BCUT2D eigenvalue weighted by molar-refractivity contribution is 0.411. The predicted molar refractivity (Wildman–Crippen MR) is 105 cm³/mol. The molecule has 0 amide bonds. The fourth-order valence-electron chi connectivity index (χ4n) is 3.54. The summed E-state index contributed by atoms with van der Waals surface area (Å²) in [7, 11) is 1.73. The van der Waals surface area contributed by atoms with Crippen LogP contribution >= 0.6 is 11.8 Å². The molecule has 2 heteroatoms. The summed E-state index contributed by atoms with van der Waals surface area (Å²) in [6.45, 7) is 4.39. The van der Waals surface area contributed by atoms with Gasteiger partial charge in [0.15, 0.2) is 0 Å². The van der Waals surface area contributed by atoms with Crippen molar-refractivity contribution < 1.29 is 4.74 Å². The molecule has 126 valence electrons. The first kappa shape index (κ1) is 16.3. The summed E-state index contributed by atoms with van der Waals surface area (Å²) < 4.78 is 5.39. The summed E-state index contributed by atoms with van der Waals surface area (Å²) in [5.74, 6) is 1.33. The van der Waals surface area contributed by atoms with Crippen molar-refractivity contribution in [2.45, 2.75) is 36.0 Å². The van der Waals surface area contributed by atoms with Crippen molar-refractivity contribution in [3.8, 4) is 5.75 Å². The van der Waals surface area contributed by atoms with Gasteiger partial charge in [-0.3, -0.25) is 0 Å². The molecule has 1 nitrogen and oxygen atoms in total. The largest absolute Gasteiger partial charge is 0.496 e. The highest BCUT2D eigenvalue weighted by atomic mass is 32.2. The van der Waals surface area contributed by atoms with E-state index in [1.165, 1.54) is 37.6 Å². The molecule has 0 bridgehead atoms. The van der Waals surface area contributed by atoms with E-state index in [4.69, 9.17) is 4.74 Å². The van der Waals surface area contributed by atoms with Gasteiger partial charge in [-0.25, -0.2) is 0 Å².